The van der Waals surface area contributed by atoms with Crippen molar-refractivity contribution < 1.29 is 29.4 Å². The van der Waals surface area contributed by atoms with Gasteiger partial charge in [0.25, 0.3) is 5.91 Å². The van der Waals surface area contributed by atoms with Crippen molar-refractivity contribution >= 4 is 52.8 Å². The van der Waals surface area contributed by atoms with Crippen molar-refractivity contribution in [1.29, 1.82) is 0 Å². The molecule has 1 aromatic heterocycles. The van der Waals surface area contributed by atoms with Crippen LogP contribution in [0.3, 0.4) is 0 Å². The van der Waals surface area contributed by atoms with E-state index in [4.69, 9.17) is 16.7 Å². The van der Waals surface area contributed by atoms with Crippen molar-refractivity contribution in [1.82, 2.24) is 15.3 Å². The zero-order valence-electron chi connectivity index (χ0n) is 18.9. The number of nitrogens with one attached hydrogen (secondary N) is 2. The topological polar surface area (TPSA) is 159 Å². The van der Waals surface area contributed by atoms with Gasteiger partial charge in [0.15, 0.2) is 10.9 Å². The van der Waals surface area contributed by atoms with Gasteiger partial charge in [0.05, 0.1) is 17.1 Å². The third-order valence-electron chi connectivity index (χ3n) is 5.83. The molecule has 186 valence electrons. The largest absolute Gasteiger partial charge is 0.481 e. The molecule has 35 heavy (non-hydrogen) atoms. The first-order chi connectivity index (χ1) is 16.7. The number of halogens is 1. The fourth-order valence-electron chi connectivity index (χ4n) is 3.85. The summed E-state index contributed by atoms with van der Waals surface area (Å²) in [4.78, 5) is 56.0. The van der Waals surface area contributed by atoms with Crippen LogP contribution in [0.4, 0.5) is 5.69 Å². The third-order valence-corrected chi connectivity index (χ3v) is 6.67. The summed E-state index contributed by atoms with van der Waals surface area (Å²) >= 11 is 7.31. The summed E-state index contributed by atoms with van der Waals surface area (Å²) in [5, 5.41) is 24.5. The maximum Gasteiger partial charge on any atom is 0.326 e. The summed E-state index contributed by atoms with van der Waals surface area (Å²) in [7, 11) is 0. The smallest absolute Gasteiger partial charge is 0.326 e. The van der Waals surface area contributed by atoms with E-state index in [1.807, 2.05) is 0 Å². The second-order valence-corrected chi connectivity index (χ2v) is 9.38. The quantitative estimate of drug-likeness (QED) is 0.288. The highest BCUT2D eigenvalue weighted by molar-refractivity contribution is 7.98. The highest BCUT2D eigenvalue weighted by Crippen LogP contribution is 2.29. The van der Waals surface area contributed by atoms with Crippen molar-refractivity contribution in [3.63, 3.8) is 0 Å². The maximum absolute atomic E-state index is 12.6. The Morgan fingerprint density at radius 1 is 1.09 bits per heavy atom. The van der Waals surface area contributed by atoms with E-state index in [2.05, 4.69) is 20.6 Å². The zero-order chi connectivity index (χ0) is 25.5. The van der Waals surface area contributed by atoms with Crippen LogP contribution in [0.2, 0.25) is 5.02 Å². The molecule has 0 radical (unpaired) electrons. The molecule has 1 saturated carbocycles. The predicted molar refractivity (Wildman–Crippen MR) is 130 cm³/mol. The fourth-order valence-corrected chi connectivity index (χ4v) is 4.37. The number of carboxylic acid groups (broad SMARTS) is 2. The van der Waals surface area contributed by atoms with Crippen LogP contribution in [0.5, 0.6) is 0 Å². The maximum atomic E-state index is 12.6. The Balaban J connectivity index is 1.59. The molecule has 1 atom stereocenters. The van der Waals surface area contributed by atoms with Crippen molar-refractivity contribution in [2.45, 2.75) is 43.3 Å². The van der Waals surface area contributed by atoms with Crippen LogP contribution < -0.4 is 10.6 Å². The predicted octanol–water partition coefficient (Wildman–Crippen LogP) is 3.11. The molecule has 3 rings (SSSR count). The average molecular weight is 521 g/mol. The standard InChI is InChI=1S/C23H25ClN4O6S/c1-35-23-25-11-16(24)18(28-23)20(30)26-15-8-2-12(3-9-15)10-17(22(33)34)27-19(29)13-4-6-14(7-5-13)21(31)32/h2-3,8-9,11,13-14,17H,4-7,10H2,1H3,(H,26,30)(H,27,29)(H,31,32)(H,33,34)/t13?,14?,17-/m0/s1. The van der Waals surface area contributed by atoms with Crippen LogP contribution in [-0.2, 0) is 20.8 Å². The number of carboxylic acids is 2. The number of aliphatic carboxylic acids is 2. The van der Waals surface area contributed by atoms with E-state index in [-0.39, 0.29) is 23.0 Å². The van der Waals surface area contributed by atoms with E-state index in [1.165, 1.54) is 18.0 Å². The van der Waals surface area contributed by atoms with Crippen molar-refractivity contribution in [2.75, 3.05) is 11.6 Å². The minimum Gasteiger partial charge on any atom is -0.481 e. The van der Waals surface area contributed by atoms with Crippen LogP contribution in [-0.4, -0.2) is 56.2 Å². The summed E-state index contributed by atoms with van der Waals surface area (Å²) < 4.78 is 0. The Labute approximate surface area is 210 Å². The molecule has 1 aliphatic rings. The third kappa shape index (κ3) is 7.15. The first-order valence-electron chi connectivity index (χ1n) is 10.9. The molecule has 2 amide bonds. The first-order valence-corrected chi connectivity index (χ1v) is 12.5. The molecule has 0 aliphatic heterocycles. The zero-order valence-corrected chi connectivity index (χ0v) is 20.4. The molecule has 12 heteroatoms. The summed E-state index contributed by atoms with van der Waals surface area (Å²) in [5.74, 6) is -3.77. The molecule has 1 aromatic carbocycles. The number of anilines is 1. The lowest BCUT2D eigenvalue weighted by molar-refractivity contribution is -0.144. The van der Waals surface area contributed by atoms with Gasteiger partial charge in [-0.15, -0.1) is 0 Å². The molecule has 4 N–H and O–H groups in total. The number of carbonyl (C=O) groups is 4. The summed E-state index contributed by atoms with van der Waals surface area (Å²) in [6.07, 6.45) is 4.82. The van der Waals surface area contributed by atoms with Crippen LogP contribution >= 0.6 is 23.4 Å². The number of nitrogens with zero attached hydrogens (tertiary/aromatic N) is 2. The number of benzene rings is 1. The minimum atomic E-state index is -1.17. The van der Waals surface area contributed by atoms with E-state index in [0.29, 0.717) is 42.1 Å². The molecule has 1 aliphatic carbocycles. The number of thioether (sulfide) groups is 1. The second-order valence-electron chi connectivity index (χ2n) is 8.19. The Morgan fingerprint density at radius 3 is 2.29 bits per heavy atom. The molecule has 1 fully saturated rings. The molecule has 0 bridgehead atoms. The lowest BCUT2D eigenvalue weighted by Gasteiger charge is -2.26. The lowest BCUT2D eigenvalue weighted by Crippen LogP contribution is -2.45. The number of hydrogen-bond donors (Lipinski definition) is 4. The van der Waals surface area contributed by atoms with Crippen LogP contribution in [0.25, 0.3) is 0 Å². The van der Waals surface area contributed by atoms with E-state index in [0.717, 1.165) is 0 Å². The van der Waals surface area contributed by atoms with Gasteiger partial charge in [0.1, 0.15) is 6.04 Å². The van der Waals surface area contributed by atoms with Gasteiger partial charge in [-0.25, -0.2) is 14.8 Å². The normalized spacial score (nSPS) is 18.3. The van der Waals surface area contributed by atoms with Crippen molar-refractivity contribution in [3.8, 4) is 0 Å². The molecular weight excluding hydrogens is 496 g/mol. The molecular formula is C23H25ClN4O6S. The summed E-state index contributed by atoms with van der Waals surface area (Å²) in [5.41, 5.74) is 1.15. The van der Waals surface area contributed by atoms with Gasteiger partial charge < -0.3 is 20.8 Å². The molecule has 10 nitrogen and oxygen atoms in total. The van der Waals surface area contributed by atoms with E-state index in [9.17, 15) is 24.3 Å². The van der Waals surface area contributed by atoms with Gasteiger partial charge in [0.2, 0.25) is 5.91 Å². The van der Waals surface area contributed by atoms with Gasteiger partial charge in [-0.2, -0.15) is 0 Å². The highest BCUT2D eigenvalue weighted by atomic mass is 35.5. The number of hydrogen-bond acceptors (Lipinski definition) is 7. The SMILES string of the molecule is CSc1ncc(Cl)c(C(=O)Nc2ccc(C[C@H](NC(=O)C3CCC(C(=O)O)CC3)C(=O)O)cc2)n1. The summed E-state index contributed by atoms with van der Waals surface area (Å²) in [6.45, 7) is 0. The van der Waals surface area contributed by atoms with Crippen molar-refractivity contribution in [3.05, 3.63) is 46.7 Å². The van der Waals surface area contributed by atoms with Gasteiger partial charge >= 0.3 is 11.9 Å². The number of rotatable bonds is 9. The first kappa shape index (κ1) is 26.4. The van der Waals surface area contributed by atoms with Crippen LogP contribution in [0, 0.1) is 11.8 Å². The van der Waals surface area contributed by atoms with E-state index >= 15 is 0 Å². The molecule has 0 saturated heterocycles. The summed E-state index contributed by atoms with van der Waals surface area (Å²) in [6, 6.07) is 5.41. The molecule has 0 spiro atoms. The molecule has 1 heterocycles. The van der Waals surface area contributed by atoms with Gasteiger partial charge in [-0.3, -0.25) is 14.4 Å². The van der Waals surface area contributed by atoms with Gasteiger partial charge in [-0.1, -0.05) is 35.5 Å². The number of aromatic nitrogens is 2. The second kappa shape index (κ2) is 12.0. The van der Waals surface area contributed by atoms with Crippen molar-refractivity contribution in [2.24, 2.45) is 11.8 Å². The number of carbonyl (C=O) groups excluding carboxylic acids is 2. The van der Waals surface area contributed by atoms with E-state index < -0.39 is 35.7 Å². The minimum absolute atomic E-state index is 0.0427. The Morgan fingerprint density at radius 2 is 1.71 bits per heavy atom. The average Bonchev–Trinajstić information content (AvgIpc) is 2.84. The van der Waals surface area contributed by atoms with Gasteiger partial charge in [-0.05, 0) is 49.6 Å². The van der Waals surface area contributed by atoms with Gasteiger partial charge in [0, 0.05) is 18.0 Å². The molecule has 2 aromatic rings. The van der Waals surface area contributed by atoms with Crippen LogP contribution in [0.15, 0.2) is 35.6 Å². The monoisotopic (exact) mass is 520 g/mol. The van der Waals surface area contributed by atoms with Crippen LogP contribution in [0.1, 0.15) is 41.7 Å². The molecule has 0 unspecified atom stereocenters. The Bertz CT molecular complexity index is 1110. The highest BCUT2D eigenvalue weighted by Gasteiger charge is 2.31. The Kier molecular flexibility index (Phi) is 9.05. The number of amides is 2. The Hall–Kier alpha value is -3.18. The lowest BCUT2D eigenvalue weighted by atomic mass is 9.81. The van der Waals surface area contributed by atoms with E-state index in [1.54, 1.807) is 30.5 Å². The fraction of sp³-hybridized carbons (Fsp3) is 0.391.